The summed E-state index contributed by atoms with van der Waals surface area (Å²) in [6.07, 6.45) is 1.42. The van der Waals surface area contributed by atoms with Crippen LogP contribution in [0.25, 0.3) is 0 Å². The van der Waals surface area contributed by atoms with Crippen LogP contribution in [-0.4, -0.2) is 36.5 Å². The summed E-state index contributed by atoms with van der Waals surface area (Å²) in [5, 5.41) is 2.38. The summed E-state index contributed by atoms with van der Waals surface area (Å²) in [5.74, 6) is -0.981. The fourth-order valence-corrected chi connectivity index (χ4v) is 1.85. The molecule has 1 N–H and O–H groups in total. The Labute approximate surface area is 113 Å². The van der Waals surface area contributed by atoms with Gasteiger partial charge in [-0.25, -0.2) is 14.6 Å². The minimum Gasteiger partial charge on any atom is -0.464 e. The number of anilines is 1. The first-order chi connectivity index (χ1) is 9.02. The summed E-state index contributed by atoms with van der Waals surface area (Å²) < 4.78 is 4.54. The molecule has 0 radical (unpaired) electrons. The number of carbonyl (C=O) groups is 3. The predicted octanol–water partition coefficient (Wildman–Crippen LogP) is 0.968. The van der Waals surface area contributed by atoms with Crippen molar-refractivity contribution in [3.05, 3.63) is 23.0 Å². The number of pyridine rings is 1. The largest absolute Gasteiger partial charge is 0.464 e. The molecule has 0 aromatic carbocycles. The van der Waals surface area contributed by atoms with E-state index >= 15 is 0 Å². The number of hydrogen-bond donors (Lipinski definition) is 1. The molecule has 1 saturated heterocycles. The number of ether oxygens (including phenoxy) is 1. The summed E-state index contributed by atoms with van der Waals surface area (Å²) >= 11 is 5.96. The molecule has 1 aromatic heterocycles. The van der Waals surface area contributed by atoms with Crippen molar-refractivity contribution >= 4 is 35.2 Å². The Morgan fingerprint density at radius 1 is 1.53 bits per heavy atom. The Balaban J connectivity index is 2.35. The Hall–Kier alpha value is -2.15. The molecule has 8 heteroatoms. The second-order valence-corrected chi connectivity index (χ2v) is 4.17. The monoisotopic (exact) mass is 283 g/mol. The SMILES string of the molecule is COC(=O)c1cc(N2CCC(=O)NC2=O)c(Cl)cn1. The molecular formula is C11H10ClN3O4. The number of aromatic nitrogens is 1. The molecule has 100 valence electrons. The number of halogens is 1. The van der Waals surface area contributed by atoms with Crippen molar-refractivity contribution in [2.75, 3.05) is 18.6 Å². The molecule has 1 aromatic rings. The van der Waals surface area contributed by atoms with Crippen molar-refractivity contribution in [3.8, 4) is 0 Å². The van der Waals surface area contributed by atoms with Gasteiger partial charge in [0.1, 0.15) is 0 Å². The van der Waals surface area contributed by atoms with Gasteiger partial charge in [0.15, 0.2) is 5.69 Å². The van der Waals surface area contributed by atoms with Gasteiger partial charge < -0.3 is 4.74 Å². The minimum atomic E-state index is -0.633. The molecule has 19 heavy (non-hydrogen) atoms. The fraction of sp³-hybridized carbons (Fsp3) is 0.273. The number of rotatable bonds is 2. The lowest BCUT2D eigenvalue weighted by molar-refractivity contribution is -0.120. The van der Waals surface area contributed by atoms with E-state index in [0.717, 1.165) is 0 Å². The molecule has 2 rings (SSSR count). The normalized spacial score (nSPS) is 15.2. The Kier molecular flexibility index (Phi) is 3.66. The van der Waals surface area contributed by atoms with Gasteiger partial charge in [-0.15, -0.1) is 0 Å². The molecule has 0 saturated carbocycles. The molecule has 0 aliphatic carbocycles. The molecule has 1 aliphatic heterocycles. The lowest BCUT2D eigenvalue weighted by atomic mass is 10.2. The van der Waals surface area contributed by atoms with Crippen LogP contribution >= 0.6 is 11.6 Å². The molecule has 0 spiro atoms. The van der Waals surface area contributed by atoms with E-state index in [1.807, 2.05) is 0 Å². The van der Waals surface area contributed by atoms with E-state index in [0.29, 0.717) is 5.69 Å². The molecular weight excluding hydrogens is 274 g/mol. The van der Waals surface area contributed by atoms with E-state index in [9.17, 15) is 14.4 Å². The van der Waals surface area contributed by atoms with Crippen LogP contribution in [0.5, 0.6) is 0 Å². The van der Waals surface area contributed by atoms with Crippen molar-refractivity contribution in [2.45, 2.75) is 6.42 Å². The van der Waals surface area contributed by atoms with Crippen molar-refractivity contribution in [3.63, 3.8) is 0 Å². The molecule has 1 aliphatic rings. The van der Waals surface area contributed by atoms with Crippen LogP contribution in [0.4, 0.5) is 10.5 Å². The van der Waals surface area contributed by atoms with Crippen LogP contribution in [0.3, 0.4) is 0 Å². The highest BCUT2D eigenvalue weighted by Crippen LogP contribution is 2.27. The number of imide groups is 1. The maximum absolute atomic E-state index is 11.7. The fourth-order valence-electron chi connectivity index (χ4n) is 1.65. The number of nitrogens with zero attached hydrogens (tertiary/aromatic N) is 2. The Bertz CT molecular complexity index is 561. The minimum absolute atomic E-state index is 0.0339. The first kappa shape index (κ1) is 13.3. The number of methoxy groups -OCH3 is 1. The number of esters is 1. The smallest absolute Gasteiger partial charge is 0.356 e. The van der Waals surface area contributed by atoms with Crippen molar-refractivity contribution < 1.29 is 19.1 Å². The van der Waals surface area contributed by atoms with E-state index in [-0.39, 0.29) is 29.6 Å². The Morgan fingerprint density at radius 3 is 2.89 bits per heavy atom. The van der Waals surface area contributed by atoms with Crippen molar-refractivity contribution in [1.82, 2.24) is 10.3 Å². The van der Waals surface area contributed by atoms with Crippen molar-refractivity contribution in [2.24, 2.45) is 0 Å². The molecule has 2 heterocycles. The van der Waals surface area contributed by atoms with E-state index in [1.165, 1.54) is 24.3 Å². The summed E-state index contributed by atoms with van der Waals surface area (Å²) in [6.45, 7) is 0.189. The second-order valence-electron chi connectivity index (χ2n) is 3.77. The molecule has 0 unspecified atom stereocenters. The molecule has 3 amide bonds. The van der Waals surface area contributed by atoms with Crippen LogP contribution in [0, 0.1) is 0 Å². The quantitative estimate of drug-likeness (QED) is 0.817. The number of nitrogens with one attached hydrogen (secondary N) is 1. The first-order valence-corrected chi connectivity index (χ1v) is 5.76. The van der Waals surface area contributed by atoms with E-state index in [2.05, 4.69) is 15.0 Å². The summed E-state index contributed by atoms with van der Waals surface area (Å²) in [5.41, 5.74) is 0.341. The van der Waals surface area contributed by atoms with Crippen LogP contribution in [0.2, 0.25) is 5.02 Å². The third kappa shape index (κ3) is 2.65. The Morgan fingerprint density at radius 2 is 2.26 bits per heavy atom. The van der Waals surface area contributed by atoms with Crippen LogP contribution in [0.1, 0.15) is 16.9 Å². The van der Waals surface area contributed by atoms with Gasteiger partial charge in [-0.1, -0.05) is 11.6 Å². The van der Waals surface area contributed by atoms with Gasteiger partial charge in [-0.2, -0.15) is 0 Å². The first-order valence-electron chi connectivity index (χ1n) is 5.38. The molecule has 0 bridgehead atoms. The average molecular weight is 284 g/mol. The maximum atomic E-state index is 11.7. The van der Waals surface area contributed by atoms with Gasteiger partial charge in [0, 0.05) is 19.2 Å². The van der Waals surface area contributed by atoms with Gasteiger partial charge >= 0.3 is 12.0 Å². The number of carbonyl (C=O) groups excluding carboxylic acids is 3. The van der Waals surface area contributed by atoms with E-state index in [1.54, 1.807) is 0 Å². The summed E-state index contributed by atoms with van der Waals surface area (Å²) in [7, 11) is 1.23. The highest BCUT2D eigenvalue weighted by molar-refractivity contribution is 6.34. The van der Waals surface area contributed by atoms with Crippen LogP contribution < -0.4 is 10.2 Å². The molecule has 1 fully saturated rings. The van der Waals surface area contributed by atoms with Gasteiger partial charge in [-0.3, -0.25) is 15.0 Å². The van der Waals surface area contributed by atoms with Gasteiger partial charge in [0.05, 0.1) is 17.8 Å². The zero-order chi connectivity index (χ0) is 14.0. The summed E-state index contributed by atoms with van der Waals surface area (Å²) in [6, 6.07) is 0.768. The highest BCUT2D eigenvalue weighted by atomic mass is 35.5. The van der Waals surface area contributed by atoms with Gasteiger partial charge in [-0.05, 0) is 6.07 Å². The third-order valence-electron chi connectivity index (χ3n) is 2.57. The lowest BCUT2D eigenvalue weighted by Gasteiger charge is -2.27. The topological polar surface area (TPSA) is 88.6 Å². The van der Waals surface area contributed by atoms with Crippen LogP contribution in [0.15, 0.2) is 12.3 Å². The molecule has 7 nitrogen and oxygen atoms in total. The standard InChI is InChI=1S/C11H10ClN3O4/c1-19-10(17)7-4-8(6(12)5-13-7)15-3-2-9(16)14-11(15)18/h4-5H,2-3H2,1H3,(H,14,16,18). The third-order valence-corrected chi connectivity index (χ3v) is 2.87. The summed E-state index contributed by atoms with van der Waals surface area (Å²) in [4.78, 5) is 39.3. The highest BCUT2D eigenvalue weighted by Gasteiger charge is 2.26. The average Bonchev–Trinajstić information content (AvgIpc) is 2.39. The second kappa shape index (κ2) is 5.23. The predicted molar refractivity (Wildman–Crippen MR) is 66.1 cm³/mol. The lowest BCUT2D eigenvalue weighted by Crippen LogP contribution is -2.49. The zero-order valence-electron chi connectivity index (χ0n) is 9.97. The van der Waals surface area contributed by atoms with E-state index in [4.69, 9.17) is 11.6 Å². The number of hydrogen-bond acceptors (Lipinski definition) is 5. The molecule has 0 atom stereocenters. The maximum Gasteiger partial charge on any atom is 0.356 e. The number of amides is 3. The van der Waals surface area contributed by atoms with Gasteiger partial charge in [0.2, 0.25) is 5.91 Å². The van der Waals surface area contributed by atoms with Crippen molar-refractivity contribution in [1.29, 1.82) is 0 Å². The van der Waals surface area contributed by atoms with Gasteiger partial charge in [0.25, 0.3) is 0 Å². The van der Waals surface area contributed by atoms with E-state index < -0.39 is 12.0 Å². The van der Waals surface area contributed by atoms with Crippen LogP contribution in [-0.2, 0) is 9.53 Å². The zero-order valence-corrected chi connectivity index (χ0v) is 10.7. The number of urea groups is 1.